The smallest absolute Gasteiger partial charge is 0.307 e. The van der Waals surface area contributed by atoms with Crippen LogP contribution < -0.4 is 10.6 Å². The Kier molecular flexibility index (Phi) is 19.7. The first-order valence-corrected chi connectivity index (χ1v) is 17.1. The fourth-order valence-electron chi connectivity index (χ4n) is 4.99. The molecule has 0 aromatic carbocycles. The van der Waals surface area contributed by atoms with Gasteiger partial charge in [-0.05, 0) is 51.9 Å². The highest BCUT2D eigenvalue weighted by Gasteiger charge is 2.45. The van der Waals surface area contributed by atoms with Crippen molar-refractivity contribution >= 4 is 17.8 Å². The van der Waals surface area contributed by atoms with Gasteiger partial charge < -0.3 is 24.8 Å². The first-order valence-electron chi connectivity index (χ1n) is 17.1. The van der Waals surface area contributed by atoms with Crippen molar-refractivity contribution < 1.29 is 28.6 Å². The number of hydrogen-bond donors (Lipinski definition) is 2. The standard InChI is InChI=1S/C35H64N2O6/c1-8-9-10-11-12-13-14-15-16-17-18-19-20-21-22-23-30(38)37-29(28(2)3)26-41-31(39)24-25-36-33(40)32-34(4,5)27-42-35(6,7)43-32/h15-16,28-29,32H,8-14,17-27H2,1-7H3,(H,36,40)(H,37,38)/t29-,32?/m1/s1. The van der Waals surface area contributed by atoms with Crippen LogP contribution in [-0.2, 0) is 28.6 Å². The van der Waals surface area contributed by atoms with Crippen molar-refractivity contribution in [2.75, 3.05) is 19.8 Å². The number of carbonyl (C=O) groups excluding carboxylic acids is 3. The van der Waals surface area contributed by atoms with Crippen molar-refractivity contribution in [1.29, 1.82) is 0 Å². The van der Waals surface area contributed by atoms with E-state index < -0.39 is 23.3 Å². The van der Waals surface area contributed by atoms with Gasteiger partial charge in [0.1, 0.15) is 12.7 Å². The Morgan fingerprint density at radius 2 is 1.44 bits per heavy atom. The minimum Gasteiger partial charge on any atom is -0.463 e. The van der Waals surface area contributed by atoms with Gasteiger partial charge in [0.15, 0.2) is 5.79 Å². The van der Waals surface area contributed by atoms with Gasteiger partial charge in [0.2, 0.25) is 11.8 Å². The molecule has 2 amide bonds. The van der Waals surface area contributed by atoms with Crippen LogP contribution in [0.5, 0.6) is 0 Å². The van der Waals surface area contributed by atoms with E-state index in [4.69, 9.17) is 14.2 Å². The van der Waals surface area contributed by atoms with Gasteiger partial charge >= 0.3 is 5.97 Å². The maximum atomic E-state index is 12.7. The molecule has 0 aromatic heterocycles. The molecule has 0 saturated carbocycles. The Bertz CT molecular complexity index is 823. The molecule has 1 saturated heterocycles. The van der Waals surface area contributed by atoms with Crippen molar-refractivity contribution in [3.8, 4) is 0 Å². The van der Waals surface area contributed by atoms with E-state index in [9.17, 15) is 14.4 Å². The Morgan fingerprint density at radius 1 is 0.860 bits per heavy atom. The van der Waals surface area contributed by atoms with Gasteiger partial charge in [-0.2, -0.15) is 0 Å². The van der Waals surface area contributed by atoms with Crippen LogP contribution in [0.15, 0.2) is 12.2 Å². The highest BCUT2D eigenvalue weighted by molar-refractivity contribution is 5.82. The number of unbranched alkanes of at least 4 members (excludes halogenated alkanes) is 11. The third-order valence-corrected chi connectivity index (χ3v) is 8.01. The molecule has 250 valence electrons. The van der Waals surface area contributed by atoms with Crippen LogP contribution in [0.3, 0.4) is 0 Å². The SMILES string of the molecule is CCCCCCCCC=CCCCCCCCC(=O)N[C@H](COC(=O)CCNC(=O)C1OC(C)(C)OCC1(C)C)C(C)C. The second kappa shape index (κ2) is 21.7. The van der Waals surface area contributed by atoms with E-state index in [0.29, 0.717) is 13.0 Å². The zero-order valence-corrected chi connectivity index (χ0v) is 28.6. The molecule has 0 radical (unpaired) electrons. The molecule has 8 nitrogen and oxygen atoms in total. The summed E-state index contributed by atoms with van der Waals surface area (Å²) in [6.07, 6.45) is 20.5. The van der Waals surface area contributed by atoms with Crippen molar-refractivity contribution in [2.24, 2.45) is 11.3 Å². The van der Waals surface area contributed by atoms with E-state index in [-0.39, 0.29) is 43.3 Å². The number of amides is 2. The summed E-state index contributed by atoms with van der Waals surface area (Å²) in [6, 6.07) is -0.243. The maximum absolute atomic E-state index is 12.7. The molecule has 1 fully saturated rings. The summed E-state index contributed by atoms with van der Waals surface area (Å²) in [5.74, 6) is -1.39. The second-order valence-electron chi connectivity index (χ2n) is 13.7. The summed E-state index contributed by atoms with van der Waals surface area (Å²) in [6.45, 7) is 14.3. The molecule has 8 heteroatoms. The molecule has 1 aliphatic rings. The van der Waals surface area contributed by atoms with Crippen LogP contribution in [0.1, 0.15) is 145 Å². The zero-order valence-electron chi connectivity index (χ0n) is 28.6. The zero-order chi connectivity index (χ0) is 32.1. The van der Waals surface area contributed by atoms with Gasteiger partial charge in [0.25, 0.3) is 0 Å². The maximum Gasteiger partial charge on any atom is 0.307 e. The largest absolute Gasteiger partial charge is 0.463 e. The summed E-state index contributed by atoms with van der Waals surface area (Å²) in [5.41, 5.74) is -0.479. The van der Waals surface area contributed by atoms with Crippen LogP contribution in [-0.4, -0.2) is 55.5 Å². The minimum atomic E-state index is -0.837. The molecular formula is C35H64N2O6. The quantitative estimate of drug-likeness (QED) is 0.0712. The van der Waals surface area contributed by atoms with E-state index in [0.717, 1.165) is 25.7 Å². The molecule has 0 spiro atoms. The molecule has 0 aliphatic carbocycles. The average Bonchev–Trinajstić information content (AvgIpc) is 2.94. The Hall–Kier alpha value is -1.93. The summed E-state index contributed by atoms with van der Waals surface area (Å²) in [7, 11) is 0. The Morgan fingerprint density at radius 3 is 2.05 bits per heavy atom. The fraction of sp³-hybridized carbons (Fsp3) is 0.857. The molecule has 1 heterocycles. The van der Waals surface area contributed by atoms with Crippen molar-refractivity contribution in [1.82, 2.24) is 10.6 Å². The number of ether oxygens (including phenoxy) is 3. The molecule has 1 unspecified atom stereocenters. The van der Waals surface area contributed by atoms with Gasteiger partial charge in [-0.1, -0.05) is 98.1 Å². The summed E-state index contributed by atoms with van der Waals surface area (Å²) >= 11 is 0. The van der Waals surface area contributed by atoms with Crippen LogP contribution in [0.25, 0.3) is 0 Å². The number of rotatable bonds is 23. The van der Waals surface area contributed by atoms with E-state index in [2.05, 4.69) is 29.7 Å². The number of carbonyl (C=O) groups is 3. The topological polar surface area (TPSA) is 103 Å². The predicted octanol–water partition coefficient (Wildman–Crippen LogP) is 7.39. The lowest BCUT2D eigenvalue weighted by molar-refractivity contribution is -0.304. The van der Waals surface area contributed by atoms with Gasteiger partial charge in [-0.3, -0.25) is 14.4 Å². The average molecular weight is 609 g/mol. The van der Waals surface area contributed by atoms with Crippen LogP contribution in [0.4, 0.5) is 0 Å². The number of allylic oxidation sites excluding steroid dienone is 2. The summed E-state index contributed by atoms with van der Waals surface area (Å²) in [4.78, 5) is 37.5. The molecular weight excluding hydrogens is 544 g/mol. The number of nitrogens with one attached hydrogen (secondary N) is 2. The lowest BCUT2D eigenvalue weighted by Crippen LogP contribution is -2.56. The molecule has 2 atom stereocenters. The van der Waals surface area contributed by atoms with Crippen molar-refractivity contribution in [3.05, 3.63) is 12.2 Å². The third-order valence-electron chi connectivity index (χ3n) is 8.01. The monoisotopic (exact) mass is 608 g/mol. The highest BCUT2D eigenvalue weighted by Crippen LogP contribution is 2.34. The Balaban J connectivity index is 2.15. The normalized spacial score (nSPS) is 18.5. The molecule has 0 aromatic rings. The van der Waals surface area contributed by atoms with Crippen LogP contribution in [0, 0.1) is 11.3 Å². The van der Waals surface area contributed by atoms with E-state index in [1.807, 2.05) is 27.7 Å². The third kappa shape index (κ3) is 18.5. The van der Waals surface area contributed by atoms with Crippen molar-refractivity contribution in [3.63, 3.8) is 0 Å². The van der Waals surface area contributed by atoms with E-state index in [1.165, 1.54) is 57.8 Å². The first-order chi connectivity index (χ1) is 20.4. The van der Waals surface area contributed by atoms with Gasteiger partial charge in [-0.15, -0.1) is 0 Å². The van der Waals surface area contributed by atoms with Gasteiger partial charge in [-0.25, -0.2) is 0 Å². The molecule has 0 bridgehead atoms. The fourth-order valence-corrected chi connectivity index (χ4v) is 4.99. The molecule has 1 aliphatic heterocycles. The summed E-state index contributed by atoms with van der Waals surface area (Å²) in [5, 5.41) is 5.82. The molecule has 1 rings (SSSR count). The second-order valence-corrected chi connectivity index (χ2v) is 13.7. The number of hydrogen-bond acceptors (Lipinski definition) is 6. The first kappa shape index (κ1) is 39.1. The van der Waals surface area contributed by atoms with E-state index in [1.54, 1.807) is 13.8 Å². The number of esters is 1. The van der Waals surface area contributed by atoms with Gasteiger partial charge in [0.05, 0.1) is 19.1 Å². The van der Waals surface area contributed by atoms with Crippen LogP contribution in [0.2, 0.25) is 0 Å². The lowest BCUT2D eigenvalue weighted by Gasteiger charge is -2.44. The Labute approximate surface area is 262 Å². The van der Waals surface area contributed by atoms with Gasteiger partial charge in [0, 0.05) is 18.4 Å². The predicted molar refractivity (Wildman–Crippen MR) is 173 cm³/mol. The van der Waals surface area contributed by atoms with Crippen molar-refractivity contribution in [2.45, 2.75) is 163 Å². The highest BCUT2D eigenvalue weighted by atomic mass is 16.7. The van der Waals surface area contributed by atoms with E-state index >= 15 is 0 Å². The minimum absolute atomic E-state index is 0.00152. The lowest BCUT2D eigenvalue weighted by atomic mass is 9.85. The molecule has 2 N–H and O–H groups in total. The molecule has 43 heavy (non-hydrogen) atoms. The van der Waals surface area contributed by atoms with Crippen LogP contribution >= 0.6 is 0 Å². The summed E-state index contributed by atoms with van der Waals surface area (Å²) < 4.78 is 16.9.